The number of amides is 2. The lowest BCUT2D eigenvalue weighted by molar-refractivity contribution is -0.143. The molecule has 4 N–H and O–H groups in total. The van der Waals surface area contributed by atoms with Crippen molar-refractivity contribution in [1.29, 1.82) is 0 Å². The predicted octanol–water partition coefficient (Wildman–Crippen LogP) is 1.88. The maximum Gasteiger partial charge on any atom is 0.313 e. The molecule has 0 bridgehead atoms. The number of aliphatic hydroxyl groups is 1. The zero-order valence-electron chi connectivity index (χ0n) is 12.9. The number of benzene rings is 2. The van der Waals surface area contributed by atoms with Crippen LogP contribution in [0.25, 0.3) is 0 Å². The van der Waals surface area contributed by atoms with Crippen molar-refractivity contribution in [2.24, 2.45) is 0 Å². The first kappa shape index (κ1) is 17.8. The molecule has 0 atom stereocenters. The van der Waals surface area contributed by atoms with E-state index in [0.717, 1.165) is 5.56 Å². The van der Waals surface area contributed by atoms with Gasteiger partial charge in [-0.25, -0.2) is 0 Å². The molecule has 0 saturated heterocycles. The summed E-state index contributed by atoms with van der Waals surface area (Å²) in [5.41, 5.74) is 7.20. The molecule has 24 heavy (non-hydrogen) atoms. The van der Waals surface area contributed by atoms with Gasteiger partial charge in [0.1, 0.15) is 0 Å². The van der Waals surface area contributed by atoms with Gasteiger partial charge in [-0.15, -0.1) is 0 Å². The van der Waals surface area contributed by atoms with Gasteiger partial charge in [-0.2, -0.15) is 0 Å². The third kappa shape index (κ3) is 4.71. The zero-order chi connectivity index (χ0) is 17.5. The van der Waals surface area contributed by atoms with Gasteiger partial charge in [-0.3, -0.25) is 9.59 Å². The Kier molecular flexibility index (Phi) is 6.17. The SMILES string of the molecule is Nc1ccc(NC(=O)C(=O)N(CCO)Cc2ccccc2)c(Cl)c1. The van der Waals surface area contributed by atoms with E-state index in [0.29, 0.717) is 11.4 Å². The number of carbonyl (C=O) groups excluding carboxylic acids is 2. The topological polar surface area (TPSA) is 95.7 Å². The van der Waals surface area contributed by atoms with Crippen LogP contribution in [0.3, 0.4) is 0 Å². The molecule has 0 radical (unpaired) electrons. The Labute approximate surface area is 144 Å². The summed E-state index contributed by atoms with van der Waals surface area (Å²) in [7, 11) is 0. The number of nitrogen functional groups attached to an aromatic ring is 1. The molecule has 0 spiro atoms. The van der Waals surface area contributed by atoms with Gasteiger partial charge < -0.3 is 21.1 Å². The van der Waals surface area contributed by atoms with Gasteiger partial charge in [0.25, 0.3) is 0 Å². The summed E-state index contributed by atoms with van der Waals surface area (Å²) in [4.78, 5) is 25.8. The third-order valence-corrected chi connectivity index (χ3v) is 3.62. The highest BCUT2D eigenvalue weighted by Gasteiger charge is 2.22. The summed E-state index contributed by atoms with van der Waals surface area (Å²) in [6.07, 6.45) is 0. The summed E-state index contributed by atoms with van der Waals surface area (Å²) in [6.45, 7) is 0.0359. The van der Waals surface area contributed by atoms with Crippen LogP contribution in [0.15, 0.2) is 48.5 Å². The highest BCUT2D eigenvalue weighted by molar-refractivity contribution is 6.41. The van der Waals surface area contributed by atoms with Crippen LogP contribution in [0.4, 0.5) is 11.4 Å². The van der Waals surface area contributed by atoms with E-state index in [1.54, 1.807) is 6.07 Å². The zero-order valence-corrected chi connectivity index (χ0v) is 13.7. The molecule has 0 saturated carbocycles. The molecule has 0 unspecified atom stereocenters. The second-order valence-corrected chi connectivity index (χ2v) is 5.54. The largest absolute Gasteiger partial charge is 0.399 e. The number of anilines is 2. The van der Waals surface area contributed by atoms with Gasteiger partial charge in [0.15, 0.2) is 0 Å². The summed E-state index contributed by atoms with van der Waals surface area (Å²) in [5, 5.41) is 11.9. The molecule has 0 aromatic heterocycles. The quantitative estimate of drug-likeness (QED) is 0.568. The summed E-state index contributed by atoms with van der Waals surface area (Å²) >= 11 is 5.99. The van der Waals surface area contributed by atoms with Gasteiger partial charge in [-0.05, 0) is 23.8 Å². The van der Waals surface area contributed by atoms with Gasteiger partial charge in [0.2, 0.25) is 0 Å². The number of nitrogens with zero attached hydrogens (tertiary/aromatic N) is 1. The van der Waals surface area contributed by atoms with E-state index in [2.05, 4.69) is 5.32 Å². The van der Waals surface area contributed by atoms with E-state index in [9.17, 15) is 9.59 Å². The molecule has 0 aliphatic rings. The minimum atomic E-state index is -0.828. The fraction of sp³-hybridized carbons (Fsp3) is 0.176. The minimum absolute atomic E-state index is 0.0522. The average molecular weight is 348 g/mol. The number of carbonyl (C=O) groups is 2. The normalized spacial score (nSPS) is 10.2. The van der Waals surface area contributed by atoms with Crippen molar-refractivity contribution in [3.05, 3.63) is 59.1 Å². The standard InChI is InChI=1S/C17H18ClN3O3/c18-14-10-13(19)6-7-15(14)20-16(23)17(24)21(8-9-22)11-12-4-2-1-3-5-12/h1-7,10,22H,8-9,11,19H2,(H,20,23). The summed E-state index contributed by atoms with van der Waals surface area (Å²) < 4.78 is 0. The predicted molar refractivity (Wildman–Crippen MR) is 93.4 cm³/mol. The van der Waals surface area contributed by atoms with Gasteiger partial charge in [0, 0.05) is 18.8 Å². The molecule has 0 aliphatic carbocycles. The Balaban J connectivity index is 2.09. The van der Waals surface area contributed by atoms with Crippen LogP contribution in [-0.2, 0) is 16.1 Å². The average Bonchev–Trinajstić information content (AvgIpc) is 2.57. The molecule has 7 heteroatoms. The fourth-order valence-electron chi connectivity index (χ4n) is 2.13. The second-order valence-electron chi connectivity index (χ2n) is 5.13. The number of nitrogens with one attached hydrogen (secondary N) is 1. The van der Waals surface area contributed by atoms with Gasteiger partial charge in [0.05, 0.1) is 17.3 Å². The van der Waals surface area contributed by atoms with Crippen LogP contribution < -0.4 is 11.1 Å². The Hall–Kier alpha value is -2.57. The van der Waals surface area contributed by atoms with Crippen LogP contribution in [-0.4, -0.2) is 35.0 Å². The smallest absolute Gasteiger partial charge is 0.313 e. The van der Waals surface area contributed by atoms with E-state index < -0.39 is 11.8 Å². The Morgan fingerprint density at radius 2 is 1.88 bits per heavy atom. The molecule has 2 aromatic rings. The van der Waals surface area contributed by atoms with Crippen molar-refractivity contribution in [1.82, 2.24) is 4.90 Å². The van der Waals surface area contributed by atoms with Crippen LogP contribution in [0.2, 0.25) is 5.02 Å². The molecule has 2 amide bonds. The van der Waals surface area contributed by atoms with Crippen molar-refractivity contribution in [2.45, 2.75) is 6.54 Å². The molecular weight excluding hydrogens is 330 g/mol. The molecule has 6 nitrogen and oxygen atoms in total. The van der Waals surface area contributed by atoms with E-state index in [4.69, 9.17) is 22.4 Å². The number of aliphatic hydroxyl groups excluding tert-OH is 1. The Morgan fingerprint density at radius 3 is 2.50 bits per heavy atom. The van der Waals surface area contributed by atoms with E-state index >= 15 is 0 Å². The minimum Gasteiger partial charge on any atom is -0.399 e. The molecule has 0 heterocycles. The summed E-state index contributed by atoms with van der Waals surface area (Å²) in [6, 6.07) is 13.8. The first-order valence-corrected chi connectivity index (χ1v) is 7.69. The maximum atomic E-state index is 12.4. The van der Waals surface area contributed by atoms with Crippen molar-refractivity contribution >= 4 is 34.8 Å². The van der Waals surface area contributed by atoms with E-state index in [-0.39, 0.29) is 24.7 Å². The molecule has 0 fully saturated rings. The third-order valence-electron chi connectivity index (χ3n) is 3.31. The highest BCUT2D eigenvalue weighted by atomic mass is 35.5. The fourth-order valence-corrected chi connectivity index (χ4v) is 2.37. The second kappa shape index (κ2) is 8.33. The van der Waals surface area contributed by atoms with Gasteiger partial charge >= 0.3 is 11.8 Å². The molecule has 2 aromatic carbocycles. The Morgan fingerprint density at radius 1 is 1.17 bits per heavy atom. The maximum absolute atomic E-state index is 12.4. The van der Waals surface area contributed by atoms with E-state index in [1.165, 1.54) is 17.0 Å². The lowest BCUT2D eigenvalue weighted by Crippen LogP contribution is -2.40. The Bertz CT molecular complexity index is 722. The number of hydrogen-bond acceptors (Lipinski definition) is 4. The van der Waals surface area contributed by atoms with Crippen LogP contribution in [0, 0.1) is 0 Å². The van der Waals surface area contributed by atoms with Crippen LogP contribution in [0.5, 0.6) is 0 Å². The first-order chi connectivity index (χ1) is 11.5. The number of hydrogen-bond donors (Lipinski definition) is 3. The van der Waals surface area contributed by atoms with E-state index in [1.807, 2.05) is 30.3 Å². The molecule has 0 aliphatic heterocycles. The van der Waals surface area contributed by atoms with Gasteiger partial charge in [-0.1, -0.05) is 41.9 Å². The van der Waals surface area contributed by atoms with Crippen molar-refractivity contribution in [3.8, 4) is 0 Å². The molecular formula is C17H18ClN3O3. The van der Waals surface area contributed by atoms with Crippen molar-refractivity contribution in [3.63, 3.8) is 0 Å². The lowest BCUT2D eigenvalue weighted by Gasteiger charge is -2.21. The number of rotatable bonds is 5. The summed E-state index contributed by atoms with van der Waals surface area (Å²) in [5.74, 6) is -1.58. The van der Waals surface area contributed by atoms with Crippen LogP contribution in [0.1, 0.15) is 5.56 Å². The van der Waals surface area contributed by atoms with Crippen molar-refractivity contribution < 1.29 is 14.7 Å². The first-order valence-electron chi connectivity index (χ1n) is 7.31. The number of nitrogens with two attached hydrogens (primary N) is 1. The monoisotopic (exact) mass is 347 g/mol. The number of halogens is 1. The van der Waals surface area contributed by atoms with Crippen LogP contribution >= 0.6 is 11.6 Å². The molecule has 126 valence electrons. The highest BCUT2D eigenvalue weighted by Crippen LogP contribution is 2.24. The molecule has 2 rings (SSSR count). The lowest BCUT2D eigenvalue weighted by atomic mass is 10.2. The van der Waals surface area contributed by atoms with Crippen molar-refractivity contribution in [2.75, 3.05) is 24.2 Å².